The van der Waals surface area contributed by atoms with Crippen molar-refractivity contribution in [2.45, 2.75) is 19.8 Å². The van der Waals surface area contributed by atoms with E-state index in [1.54, 1.807) is 0 Å². The zero-order chi connectivity index (χ0) is 17.6. The summed E-state index contributed by atoms with van der Waals surface area (Å²) in [4.78, 5) is 15.9. The van der Waals surface area contributed by atoms with E-state index >= 15 is 0 Å². The first kappa shape index (κ1) is 17.2. The van der Waals surface area contributed by atoms with Gasteiger partial charge in [0.2, 0.25) is 0 Å². The number of aliphatic carboxylic acids is 1. The Morgan fingerprint density at radius 2 is 1.96 bits per heavy atom. The Labute approximate surface area is 150 Å². The van der Waals surface area contributed by atoms with E-state index < -0.39 is 5.97 Å². The fraction of sp³-hybridized carbons (Fsp3) is 0.200. The first-order valence-electron chi connectivity index (χ1n) is 8.17. The van der Waals surface area contributed by atoms with E-state index in [1.165, 1.54) is 11.3 Å². The Balaban J connectivity index is 1.91. The number of benzene rings is 2. The number of ether oxygens (including phenoxy) is 1. The highest BCUT2D eigenvalue weighted by molar-refractivity contribution is 7.19. The Morgan fingerprint density at radius 1 is 1.20 bits per heavy atom. The van der Waals surface area contributed by atoms with Gasteiger partial charge in [-0.15, -0.1) is 11.3 Å². The van der Waals surface area contributed by atoms with E-state index in [0.717, 1.165) is 33.0 Å². The lowest BCUT2D eigenvalue weighted by atomic mass is 10.1. The van der Waals surface area contributed by atoms with E-state index in [2.05, 4.69) is 11.9 Å². The van der Waals surface area contributed by atoms with E-state index in [4.69, 9.17) is 4.74 Å². The highest BCUT2D eigenvalue weighted by Crippen LogP contribution is 2.30. The summed E-state index contributed by atoms with van der Waals surface area (Å²) >= 11 is 1.51. The minimum Gasteiger partial charge on any atom is -0.494 e. The van der Waals surface area contributed by atoms with Crippen LogP contribution in [-0.2, 0) is 4.79 Å². The van der Waals surface area contributed by atoms with E-state index in [-0.39, 0.29) is 6.42 Å². The number of carboxylic acid groups (broad SMARTS) is 1. The van der Waals surface area contributed by atoms with Crippen LogP contribution in [0.4, 0.5) is 0 Å². The predicted octanol–water partition coefficient (Wildman–Crippen LogP) is 5.10. The summed E-state index contributed by atoms with van der Waals surface area (Å²) in [6.45, 7) is 2.75. The highest BCUT2D eigenvalue weighted by Gasteiger charge is 2.12. The molecule has 0 amide bonds. The summed E-state index contributed by atoms with van der Waals surface area (Å²) in [6, 6.07) is 15.5. The Kier molecular flexibility index (Phi) is 5.46. The SMILES string of the molecule is CCCOc1ccc(C=C(CC(=O)O)c2nc3ccccc3s2)cc1. The normalized spacial score (nSPS) is 11.6. The van der Waals surface area contributed by atoms with E-state index in [1.807, 2.05) is 54.6 Å². The number of nitrogens with zero attached hydrogens (tertiary/aromatic N) is 1. The molecule has 0 bridgehead atoms. The van der Waals surface area contributed by atoms with Crippen LogP contribution in [0.5, 0.6) is 5.75 Å². The van der Waals surface area contributed by atoms with Gasteiger partial charge in [-0.3, -0.25) is 4.79 Å². The van der Waals surface area contributed by atoms with Gasteiger partial charge in [-0.2, -0.15) is 0 Å². The lowest BCUT2D eigenvalue weighted by Gasteiger charge is -2.05. The van der Waals surface area contributed by atoms with Crippen LogP contribution in [0.3, 0.4) is 0 Å². The summed E-state index contributed by atoms with van der Waals surface area (Å²) < 4.78 is 6.63. The molecule has 4 nitrogen and oxygen atoms in total. The van der Waals surface area contributed by atoms with Crippen LogP contribution in [0.2, 0.25) is 0 Å². The van der Waals surface area contributed by atoms with Crippen LogP contribution in [-0.4, -0.2) is 22.7 Å². The summed E-state index contributed by atoms with van der Waals surface area (Å²) in [7, 11) is 0. The quantitative estimate of drug-likeness (QED) is 0.642. The smallest absolute Gasteiger partial charge is 0.307 e. The molecule has 0 aliphatic carbocycles. The van der Waals surface area contributed by atoms with Gasteiger partial charge in [0.1, 0.15) is 10.8 Å². The second kappa shape index (κ2) is 7.94. The molecule has 0 radical (unpaired) electrons. The molecule has 128 valence electrons. The zero-order valence-corrected chi connectivity index (χ0v) is 14.8. The number of fused-ring (bicyclic) bond motifs is 1. The van der Waals surface area contributed by atoms with Crippen molar-refractivity contribution in [2.24, 2.45) is 0 Å². The van der Waals surface area contributed by atoms with Gasteiger partial charge in [0.25, 0.3) is 0 Å². The maximum absolute atomic E-state index is 11.3. The minimum absolute atomic E-state index is 0.0616. The third-order valence-electron chi connectivity index (χ3n) is 3.60. The molecule has 0 saturated carbocycles. The molecule has 5 heteroatoms. The summed E-state index contributed by atoms with van der Waals surface area (Å²) in [5.74, 6) is -0.0489. The number of carbonyl (C=O) groups is 1. The van der Waals surface area contributed by atoms with Crippen molar-refractivity contribution < 1.29 is 14.6 Å². The van der Waals surface area contributed by atoms with Crippen molar-refractivity contribution in [1.82, 2.24) is 4.98 Å². The molecular weight excluding hydrogens is 334 g/mol. The molecule has 1 N–H and O–H groups in total. The molecule has 0 saturated heterocycles. The molecule has 0 aliphatic heterocycles. The maximum Gasteiger partial charge on any atom is 0.307 e. The molecule has 0 fully saturated rings. The average molecular weight is 353 g/mol. The number of hydrogen-bond donors (Lipinski definition) is 1. The first-order valence-corrected chi connectivity index (χ1v) is 8.98. The van der Waals surface area contributed by atoms with Crippen LogP contribution in [0.15, 0.2) is 48.5 Å². The number of hydrogen-bond acceptors (Lipinski definition) is 4. The molecular formula is C20H19NO3S. The summed E-state index contributed by atoms with van der Waals surface area (Å²) in [5.41, 5.74) is 2.53. The van der Waals surface area contributed by atoms with Gasteiger partial charge in [-0.05, 0) is 47.9 Å². The highest BCUT2D eigenvalue weighted by atomic mass is 32.1. The fourth-order valence-corrected chi connectivity index (χ4v) is 3.42. The van der Waals surface area contributed by atoms with Crippen LogP contribution in [0, 0.1) is 0 Å². The van der Waals surface area contributed by atoms with Crippen molar-refractivity contribution in [3.05, 3.63) is 59.1 Å². The number of thiazole rings is 1. The Bertz CT molecular complexity index is 864. The van der Waals surface area contributed by atoms with Gasteiger partial charge in [-0.1, -0.05) is 31.2 Å². The molecule has 0 aliphatic rings. The molecule has 0 spiro atoms. The summed E-state index contributed by atoms with van der Waals surface area (Å²) in [5, 5.41) is 10.0. The zero-order valence-electron chi connectivity index (χ0n) is 13.9. The van der Waals surface area contributed by atoms with Crippen LogP contribution in [0.1, 0.15) is 30.3 Å². The second-order valence-corrected chi connectivity index (χ2v) is 6.67. The minimum atomic E-state index is -0.867. The van der Waals surface area contributed by atoms with Crippen molar-refractivity contribution in [1.29, 1.82) is 0 Å². The first-order chi connectivity index (χ1) is 12.2. The standard InChI is InChI=1S/C20H19NO3S/c1-2-11-24-16-9-7-14(8-10-16)12-15(13-19(22)23)20-21-17-5-3-4-6-18(17)25-20/h3-10,12H,2,11,13H2,1H3,(H,22,23). The maximum atomic E-state index is 11.3. The largest absolute Gasteiger partial charge is 0.494 e. The predicted molar refractivity (Wildman–Crippen MR) is 102 cm³/mol. The lowest BCUT2D eigenvalue weighted by Crippen LogP contribution is -1.97. The molecule has 0 unspecified atom stereocenters. The van der Waals surface area contributed by atoms with Crippen molar-refractivity contribution in [3.8, 4) is 5.75 Å². The van der Waals surface area contributed by atoms with Gasteiger partial charge in [0, 0.05) is 0 Å². The monoisotopic (exact) mass is 353 g/mol. The average Bonchev–Trinajstić information content (AvgIpc) is 3.04. The van der Waals surface area contributed by atoms with Crippen molar-refractivity contribution in [2.75, 3.05) is 6.61 Å². The van der Waals surface area contributed by atoms with Crippen LogP contribution >= 0.6 is 11.3 Å². The number of aromatic nitrogens is 1. The van der Waals surface area contributed by atoms with E-state index in [0.29, 0.717) is 12.2 Å². The van der Waals surface area contributed by atoms with Crippen LogP contribution < -0.4 is 4.74 Å². The van der Waals surface area contributed by atoms with Gasteiger partial charge in [0.05, 0.1) is 23.2 Å². The van der Waals surface area contributed by atoms with Gasteiger partial charge in [-0.25, -0.2) is 4.98 Å². The Morgan fingerprint density at radius 3 is 2.64 bits per heavy atom. The van der Waals surface area contributed by atoms with E-state index in [9.17, 15) is 9.90 Å². The summed E-state index contributed by atoms with van der Waals surface area (Å²) in [6.07, 6.45) is 2.78. The number of rotatable bonds is 7. The third-order valence-corrected chi connectivity index (χ3v) is 4.72. The number of carboxylic acids is 1. The molecule has 1 aromatic heterocycles. The van der Waals surface area contributed by atoms with Crippen LogP contribution in [0.25, 0.3) is 21.9 Å². The van der Waals surface area contributed by atoms with Gasteiger partial charge >= 0.3 is 5.97 Å². The van der Waals surface area contributed by atoms with Gasteiger partial charge < -0.3 is 9.84 Å². The topological polar surface area (TPSA) is 59.4 Å². The fourth-order valence-electron chi connectivity index (χ4n) is 2.44. The molecule has 25 heavy (non-hydrogen) atoms. The van der Waals surface area contributed by atoms with Crippen molar-refractivity contribution in [3.63, 3.8) is 0 Å². The number of para-hydroxylation sites is 1. The molecule has 0 atom stereocenters. The molecule has 3 rings (SSSR count). The lowest BCUT2D eigenvalue weighted by molar-refractivity contribution is -0.135. The second-order valence-electron chi connectivity index (χ2n) is 5.64. The Hall–Kier alpha value is -2.66. The molecule has 1 heterocycles. The molecule has 2 aromatic carbocycles. The molecule has 3 aromatic rings. The van der Waals surface area contributed by atoms with Gasteiger partial charge in [0.15, 0.2) is 0 Å². The van der Waals surface area contributed by atoms with Crippen molar-refractivity contribution >= 4 is 39.2 Å². The third kappa shape index (κ3) is 4.45.